The topological polar surface area (TPSA) is 65.9 Å². The van der Waals surface area contributed by atoms with E-state index in [0.29, 0.717) is 12.5 Å². The Kier molecular flexibility index (Phi) is 5.71. The minimum absolute atomic E-state index is 0.289. The van der Waals surface area contributed by atoms with Crippen molar-refractivity contribution in [2.45, 2.75) is 44.9 Å². The molecule has 0 spiro atoms. The van der Waals surface area contributed by atoms with Crippen molar-refractivity contribution in [3.05, 3.63) is 88.8 Å². The zero-order chi connectivity index (χ0) is 22.7. The van der Waals surface area contributed by atoms with E-state index in [4.69, 9.17) is 4.74 Å². The number of hydrogen-bond donors (Lipinski definition) is 1. The largest absolute Gasteiger partial charge is 0.490 e. The molecule has 1 N–H and O–H groups in total. The van der Waals surface area contributed by atoms with Gasteiger partial charge in [0.05, 0.1) is 47.5 Å². The van der Waals surface area contributed by atoms with Crippen LogP contribution in [-0.2, 0) is 13.1 Å². The van der Waals surface area contributed by atoms with Crippen LogP contribution in [0.4, 0.5) is 5.69 Å². The molecule has 0 bridgehead atoms. The molecule has 6 heteroatoms. The van der Waals surface area contributed by atoms with Gasteiger partial charge in [0.25, 0.3) is 0 Å². The second kappa shape index (κ2) is 9.29. The van der Waals surface area contributed by atoms with Crippen molar-refractivity contribution in [2.24, 2.45) is 16.1 Å². The minimum Gasteiger partial charge on any atom is -0.490 e. The number of nitrogens with zero attached hydrogens (tertiary/aromatic N) is 4. The number of aromatic amines is 1. The zero-order valence-electron chi connectivity index (χ0n) is 19.2. The first-order valence-corrected chi connectivity index (χ1v) is 12.2. The first kappa shape index (κ1) is 20.9. The maximum Gasteiger partial charge on any atom is 0.119 e. The molecule has 1 aliphatic carbocycles. The maximum atomic E-state index is 6.25. The average molecular weight is 452 g/mol. The Bertz CT molecular complexity index is 1320. The third kappa shape index (κ3) is 4.16. The molecule has 1 fully saturated rings. The van der Waals surface area contributed by atoms with Crippen LogP contribution in [0.5, 0.6) is 5.75 Å². The van der Waals surface area contributed by atoms with Gasteiger partial charge in [0.2, 0.25) is 0 Å². The van der Waals surface area contributed by atoms with Gasteiger partial charge in [-0.3, -0.25) is 4.98 Å². The molecule has 0 atom stereocenters. The van der Waals surface area contributed by atoms with Crippen LogP contribution in [0.1, 0.15) is 36.9 Å². The van der Waals surface area contributed by atoms with Gasteiger partial charge in [-0.05, 0) is 61.4 Å². The van der Waals surface area contributed by atoms with Gasteiger partial charge in [-0.1, -0.05) is 36.4 Å². The summed E-state index contributed by atoms with van der Waals surface area (Å²) >= 11 is 0. The first-order chi connectivity index (χ1) is 16.8. The third-order valence-electron chi connectivity index (χ3n) is 7.07. The molecule has 3 aliphatic rings. The number of rotatable bonds is 5. The second-order valence-electron chi connectivity index (χ2n) is 9.25. The van der Waals surface area contributed by atoms with Gasteiger partial charge in [0.15, 0.2) is 0 Å². The van der Waals surface area contributed by atoms with Crippen molar-refractivity contribution in [1.82, 2.24) is 9.97 Å². The molecule has 6 rings (SSSR count). The van der Waals surface area contributed by atoms with Crippen LogP contribution >= 0.6 is 0 Å². The molecule has 4 heterocycles. The Hall–Kier alpha value is -3.67. The van der Waals surface area contributed by atoms with Crippen LogP contribution in [0.15, 0.2) is 77.1 Å². The molecule has 1 aromatic carbocycles. The van der Waals surface area contributed by atoms with E-state index in [9.17, 15) is 0 Å². The van der Waals surface area contributed by atoms with Crippen molar-refractivity contribution < 1.29 is 4.74 Å². The minimum atomic E-state index is 0.289. The lowest BCUT2D eigenvalue weighted by molar-refractivity contribution is 0.143. The monoisotopic (exact) mass is 451 g/mol. The third-order valence-corrected chi connectivity index (χ3v) is 7.07. The number of para-hydroxylation sites is 1. The van der Waals surface area contributed by atoms with Gasteiger partial charge >= 0.3 is 0 Å². The van der Waals surface area contributed by atoms with Gasteiger partial charge in [0, 0.05) is 18.3 Å². The second-order valence-corrected chi connectivity index (χ2v) is 9.25. The number of fused-ring (bicyclic) bond motifs is 3. The number of azo groups is 1. The quantitative estimate of drug-likeness (QED) is 0.622. The van der Waals surface area contributed by atoms with Crippen LogP contribution in [0.25, 0.3) is 11.8 Å². The summed E-state index contributed by atoms with van der Waals surface area (Å²) in [4.78, 5) is 10.7. The van der Waals surface area contributed by atoms with Crippen molar-refractivity contribution in [3.8, 4) is 5.75 Å². The van der Waals surface area contributed by atoms with Gasteiger partial charge in [-0.25, -0.2) is 0 Å². The Morgan fingerprint density at radius 1 is 1.00 bits per heavy atom. The van der Waals surface area contributed by atoms with Gasteiger partial charge in [0.1, 0.15) is 5.75 Å². The summed E-state index contributed by atoms with van der Waals surface area (Å²) in [5.41, 5.74) is 4.97. The molecule has 0 unspecified atom stereocenters. The van der Waals surface area contributed by atoms with E-state index >= 15 is 0 Å². The summed E-state index contributed by atoms with van der Waals surface area (Å²) < 4.78 is 6.25. The Morgan fingerprint density at radius 3 is 2.68 bits per heavy atom. The Balaban J connectivity index is 1.31. The van der Waals surface area contributed by atoms with Crippen LogP contribution in [0.3, 0.4) is 0 Å². The summed E-state index contributed by atoms with van der Waals surface area (Å²) in [6, 6.07) is 16.3. The summed E-state index contributed by atoms with van der Waals surface area (Å²) in [5.74, 6) is 1.48. The van der Waals surface area contributed by atoms with Gasteiger partial charge < -0.3 is 14.6 Å². The first-order valence-electron chi connectivity index (χ1n) is 12.2. The molecule has 34 heavy (non-hydrogen) atoms. The normalized spacial score (nSPS) is 21.4. The van der Waals surface area contributed by atoms with E-state index in [-0.39, 0.29) is 6.10 Å². The molecule has 2 aliphatic heterocycles. The van der Waals surface area contributed by atoms with Crippen LogP contribution < -0.4 is 20.3 Å². The number of H-pyrrole nitrogens is 1. The molecule has 6 nitrogen and oxygen atoms in total. The molecule has 0 amide bonds. The SMILES string of the molecule is C1=CC(C2CCC(Oc3ccccc3)CC2)=c2[nH]c3c(c2N(Cc2ccccn2)C1)CN=NC=3. The lowest BCUT2D eigenvalue weighted by Crippen LogP contribution is -2.30. The van der Waals surface area contributed by atoms with Gasteiger partial charge in [-0.15, -0.1) is 0 Å². The van der Waals surface area contributed by atoms with E-state index < -0.39 is 0 Å². The summed E-state index contributed by atoms with van der Waals surface area (Å²) in [6.07, 6.45) is 13.1. The number of allylic oxidation sites excluding steroid dienone is 1. The number of benzene rings is 1. The predicted molar refractivity (Wildman–Crippen MR) is 134 cm³/mol. The zero-order valence-corrected chi connectivity index (χ0v) is 19.2. The van der Waals surface area contributed by atoms with Crippen molar-refractivity contribution >= 4 is 17.5 Å². The number of aromatic nitrogens is 2. The fourth-order valence-electron chi connectivity index (χ4n) is 5.42. The standard InChI is InChI=1S/C28H29N5O/c1-2-8-22(9-3-1)34-23-13-11-20(12-14-23)24-10-6-16-33(19-21-7-4-5-15-29-21)28-25-17-30-31-18-26(25)32-27(24)28/h1-10,15,18,20,23,32H,11-14,16-17,19H2. The van der Waals surface area contributed by atoms with Crippen LogP contribution in [-0.4, -0.2) is 22.6 Å². The highest BCUT2D eigenvalue weighted by atomic mass is 16.5. The number of ether oxygens (including phenoxy) is 1. The highest BCUT2D eigenvalue weighted by Crippen LogP contribution is 2.34. The molecule has 0 saturated heterocycles. The number of nitrogens with one attached hydrogen (secondary N) is 1. The smallest absolute Gasteiger partial charge is 0.119 e. The lowest BCUT2D eigenvalue weighted by atomic mass is 9.82. The Labute approximate surface area is 199 Å². The average Bonchev–Trinajstić information content (AvgIpc) is 3.18. The Morgan fingerprint density at radius 2 is 1.85 bits per heavy atom. The highest BCUT2D eigenvalue weighted by molar-refractivity contribution is 5.70. The van der Waals surface area contributed by atoms with E-state index in [0.717, 1.165) is 55.6 Å². The van der Waals surface area contributed by atoms with Crippen molar-refractivity contribution in [2.75, 3.05) is 11.4 Å². The number of pyridine rings is 1. The fourth-order valence-corrected chi connectivity index (χ4v) is 5.42. The lowest BCUT2D eigenvalue weighted by Gasteiger charge is -2.29. The molecule has 3 aromatic rings. The molecule has 172 valence electrons. The van der Waals surface area contributed by atoms with Crippen molar-refractivity contribution in [1.29, 1.82) is 0 Å². The molecule has 0 radical (unpaired) electrons. The highest BCUT2D eigenvalue weighted by Gasteiger charge is 2.28. The van der Waals surface area contributed by atoms with E-state index in [1.807, 2.05) is 48.8 Å². The van der Waals surface area contributed by atoms with Crippen molar-refractivity contribution in [3.63, 3.8) is 0 Å². The van der Waals surface area contributed by atoms with Crippen LogP contribution in [0.2, 0.25) is 0 Å². The van der Waals surface area contributed by atoms with Gasteiger partial charge in [-0.2, -0.15) is 10.2 Å². The molecular formula is C28H29N5O. The van der Waals surface area contributed by atoms with E-state index in [1.54, 1.807) is 0 Å². The maximum absolute atomic E-state index is 6.25. The molecule has 1 saturated carbocycles. The fraction of sp³-hybridized carbons (Fsp3) is 0.321. The summed E-state index contributed by atoms with van der Waals surface area (Å²) in [7, 11) is 0. The molecule has 2 aromatic heterocycles. The van der Waals surface area contributed by atoms with E-state index in [1.165, 1.54) is 22.2 Å². The number of anilines is 1. The van der Waals surface area contributed by atoms with Crippen LogP contribution in [0, 0.1) is 5.92 Å². The predicted octanol–water partition coefficient (Wildman–Crippen LogP) is 4.48. The molecular weight excluding hydrogens is 422 g/mol. The summed E-state index contributed by atoms with van der Waals surface area (Å²) in [6.45, 7) is 2.23. The number of hydrogen-bond acceptors (Lipinski definition) is 5. The summed E-state index contributed by atoms with van der Waals surface area (Å²) in [5, 5.41) is 10.8. The van der Waals surface area contributed by atoms with E-state index in [2.05, 4.69) is 49.4 Å².